The topological polar surface area (TPSA) is 75.4 Å². The first-order valence-corrected chi connectivity index (χ1v) is 7.19. The lowest BCUT2D eigenvalue weighted by molar-refractivity contribution is -0.147. The third-order valence-electron chi connectivity index (χ3n) is 4.22. The molecule has 0 spiro atoms. The van der Waals surface area contributed by atoms with E-state index in [0.29, 0.717) is 24.9 Å². The van der Waals surface area contributed by atoms with Crippen LogP contribution in [0.2, 0.25) is 0 Å². The highest BCUT2D eigenvalue weighted by atomic mass is 16.4. The zero-order valence-corrected chi connectivity index (χ0v) is 13.3. The van der Waals surface area contributed by atoms with Crippen molar-refractivity contribution in [3.63, 3.8) is 0 Å². The van der Waals surface area contributed by atoms with Crippen LogP contribution in [0.25, 0.3) is 0 Å². The van der Waals surface area contributed by atoms with Crippen molar-refractivity contribution in [3.8, 4) is 0 Å². The van der Waals surface area contributed by atoms with Gasteiger partial charge in [-0.3, -0.25) is 9.48 Å². The third-order valence-corrected chi connectivity index (χ3v) is 4.22. The number of aromatic nitrogens is 2. The Balaban J connectivity index is 2.38. The molecule has 0 aliphatic carbocycles. The van der Waals surface area contributed by atoms with Gasteiger partial charge in [-0.25, -0.2) is 4.79 Å². The molecule has 1 fully saturated rings. The monoisotopic (exact) mass is 293 g/mol. The Kier molecular flexibility index (Phi) is 3.59. The molecule has 0 aromatic carbocycles. The highest BCUT2D eigenvalue weighted by Gasteiger charge is 2.46. The smallest absolute Gasteiger partial charge is 0.329 e. The lowest BCUT2D eigenvalue weighted by Gasteiger charge is -2.31. The summed E-state index contributed by atoms with van der Waals surface area (Å²) in [5.74, 6) is -1.19. The molecule has 6 heteroatoms. The van der Waals surface area contributed by atoms with Crippen molar-refractivity contribution in [3.05, 3.63) is 17.5 Å². The molecule has 6 nitrogen and oxygen atoms in total. The fourth-order valence-corrected chi connectivity index (χ4v) is 2.95. The minimum absolute atomic E-state index is 0.219. The van der Waals surface area contributed by atoms with Crippen molar-refractivity contribution < 1.29 is 14.7 Å². The average Bonchev–Trinajstić information content (AvgIpc) is 2.92. The van der Waals surface area contributed by atoms with Crippen molar-refractivity contribution in [1.29, 1.82) is 0 Å². The van der Waals surface area contributed by atoms with Crippen LogP contribution in [0, 0.1) is 6.92 Å². The van der Waals surface area contributed by atoms with E-state index >= 15 is 0 Å². The lowest BCUT2D eigenvalue weighted by Crippen LogP contribution is -2.50. The summed E-state index contributed by atoms with van der Waals surface area (Å²) in [5, 5.41) is 13.7. The second-order valence-electron chi connectivity index (χ2n) is 6.87. The SMILES string of the molecule is Cc1c(C(=O)N2CCCC2(C)C(=O)O)cnn1C(C)(C)C. The molecule has 0 bridgehead atoms. The normalized spacial score (nSPS) is 22.6. The quantitative estimate of drug-likeness (QED) is 0.905. The van der Waals surface area contributed by atoms with Crippen molar-refractivity contribution in [2.75, 3.05) is 6.54 Å². The maximum absolute atomic E-state index is 12.7. The molecule has 0 saturated carbocycles. The van der Waals surface area contributed by atoms with Crippen molar-refractivity contribution >= 4 is 11.9 Å². The molecule has 21 heavy (non-hydrogen) atoms. The summed E-state index contributed by atoms with van der Waals surface area (Å²) in [4.78, 5) is 25.7. The van der Waals surface area contributed by atoms with Gasteiger partial charge in [-0.15, -0.1) is 0 Å². The number of carbonyl (C=O) groups is 2. The third kappa shape index (κ3) is 2.43. The maximum Gasteiger partial charge on any atom is 0.329 e. The number of amides is 1. The molecule has 2 heterocycles. The Morgan fingerprint density at radius 2 is 2.00 bits per heavy atom. The van der Waals surface area contributed by atoms with Crippen molar-refractivity contribution in [2.24, 2.45) is 0 Å². The summed E-state index contributed by atoms with van der Waals surface area (Å²) in [5.41, 5.74) is -0.0803. The maximum atomic E-state index is 12.7. The summed E-state index contributed by atoms with van der Waals surface area (Å²) in [6.07, 6.45) is 2.74. The number of carbonyl (C=O) groups excluding carboxylic acids is 1. The van der Waals surface area contributed by atoms with Gasteiger partial charge in [-0.2, -0.15) is 5.10 Å². The summed E-state index contributed by atoms with van der Waals surface area (Å²) >= 11 is 0. The Hall–Kier alpha value is -1.85. The molecule has 1 saturated heterocycles. The van der Waals surface area contributed by atoms with Gasteiger partial charge in [-0.05, 0) is 47.5 Å². The van der Waals surface area contributed by atoms with Crippen LogP contribution in [0.1, 0.15) is 56.6 Å². The number of nitrogens with zero attached hydrogens (tertiary/aromatic N) is 3. The molecule has 1 N–H and O–H groups in total. The minimum atomic E-state index is -1.12. The van der Waals surface area contributed by atoms with Gasteiger partial charge in [0.05, 0.1) is 17.3 Å². The van der Waals surface area contributed by atoms with Gasteiger partial charge in [0.15, 0.2) is 0 Å². The largest absolute Gasteiger partial charge is 0.480 e. The van der Waals surface area contributed by atoms with E-state index in [1.165, 1.54) is 4.90 Å². The van der Waals surface area contributed by atoms with E-state index in [9.17, 15) is 14.7 Å². The first kappa shape index (κ1) is 15.5. The summed E-state index contributed by atoms with van der Waals surface area (Å²) in [7, 11) is 0. The highest BCUT2D eigenvalue weighted by molar-refractivity contribution is 5.98. The van der Waals surface area contributed by atoms with Crippen LogP contribution in [0.4, 0.5) is 0 Å². The predicted molar refractivity (Wildman–Crippen MR) is 78.3 cm³/mol. The molecule has 1 aliphatic heterocycles. The van der Waals surface area contributed by atoms with E-state index in [2.05, 4.69) is 5.10 Å². The molecule has 1 amide bonds. The van der Waals surface area contributed by atoms with Gasteiger partial charge >= 0.3 is 5.97 Å². The minimum Gasteiger partial charge on any atom is -0.480 e. The second-order valence-corrected chi connectivity index (χ2v) is 6.87. The molecule has 1 aliphatic rings. The van der Waals surface area contributed by atoms with Crippen LogP contribution >= 0.6 is 0 Å². The van der Waals surface area contributed by atoms with E-state index in [1.807, 2.05) is 27.7 Å². The van der Waals surface area contributed by atoms with Gasteiger partial charge < -0.3 is 10.0 Å². The van der Waals surface area contributed by atoms with Crippen molar-refractivity contribution in [2.45, 2.75) is 58.5 Å². The van der Waals surface area contributed by atoms with Crippen LogP contribution in [-0.2, 0) is 10.3 Å². The van der Waals surface area contributed by atoms with Crippen LogP contribution in [0.5, 0.6) is 0 Å². The van der Waals surface area contributed by atoms with Gasteiger partial charge in [-0.1, -0.05) is 0 Å². The Morgan fingerprint density at radius 3 is 2.48 bits per heavy atom. The first-order chi connectivity index (χ1) is 9.59. The highest BCUT2D eigenvalue weighted by Crippen LogP contribution is 2.31. The fraction of sp³-hybridized carbons (Fsp3) is 0.667. The first-order valence-electron chi connectivity index (χ1n) is 7.19. The molecule has 1 atom stereocenters. The van der Waals surface area contributed by atoms with Gasteiger partial charge in [0, 0.05) is 12.2 Å². The molecular formula is C15H23N3O3. The Bertz CT molecular complexity index is 585. The number of carboxylic acid groups (broad SMARTS) is 1. The molecule has 1 aromatic heterocycles. The molecular weight excluding hydrogens is 270 g/mol. The second kappa shape index (κ2) is 4.86. The van der Waals surface area contributed by atoms with Crippen molar-refractivity contribution in [1.82, 2.24) is 14.7 Å². The molecule has 0 radical (unpaired) electrons. The van der Waals surface area contributed by atoms with Gasteiger partial charge in [0.2, 0.25) is 0 Å². The van der Waals surface area contributed by atoms with Crippen LogP contribution < -0.4 is 0 Å². The van der Waals surface area contributed by atoms with Crippen LogP contribution in [-0.4, -0.2) is 43.7 Å². The fourth-order valence-electron chi connectivity index (χ4n) is 2.95. The van der Waals surface area contributed by atoms with E-state index < -0.39 is 11.5 Å². The average molecular weight is 293 g/mol. The van der Waals surface area contributed by atoms with E-state index in [-0.39, 0.29) is 11.4 Å². The van der Waals surface area contributed by atoms with E-state index in [1.54, 1.807) is 17.8 Å². The number of likely N-dealkylation sites (tertiary alicyclic amines) is 1. The summed E-state index contributed by atoms with van der Waals surface area (Å²) in [6.45, 7) is 9.97. The Morgan fingerprint density at radius 1 is 1.38 bits per heavy atom. The number of rotatable bonds is 2. The van der Waals surface area contributed by atoms with Crippen LogP contribution in [0.3, 0.4) is 0 Å². The molecule has 1 aromatic rings. The van der Waals surface area contributed by atoms with E-state index in [4.69, 9.17) is 0 Å². The molecule has 116 valence electrons. The number of hydrogen-bond acceptors (Lipinski definition) is 3. The molecule has 1 unspecified atom stereocenters. The van der Waals surface area contributed by atoms with E-state index in [0.717, 1.165) is 5.69 Å². The predicted octanol–water partition coefficient (Wildman–Crippen LogP) is 2.03. The standard InChI is InChI=1S/C15H23N3O3/c1-10-11(9-16-18(10)14(2,3)4)12(19)17-8-6-7-15(17,5)13(20)21/h9H,6-8H2,1-5H3,(H,20,21). The Labute approximate surface area is 124 Å². The molecule has 2 rings (SSSR count). The number of aliphatic carboxylic acids is 1. The number of hydrogen-bond donors (Lipinski definition) is 1. The van der Waals surface area contributed by atoms with Crippen LogP contribution in [0.15, 0.2) is 6.20 Å². The zero-order valence-electron chi connectivity index (χ0n) is 13.3. The summed E-state index contributed by atoms with van der Waals surface area (Å²) < 4.78 is 1.80. The zero-order chi connectivity index (χ0) is 16.0. The van der Waals surface area contributed by atoms with Gasteiger partial charge in [0.25, 0.3) is 5.91 Å². The number of carboxylic acids is 1. The summed E-state index contributed by atoms with van der Waals surface area (Å²) in [6, 6.07) is 0. The van der Waals surface area contributed by atoms with Gasteiger partial charge in [0.1, 0.15) is 5.54 Å². The lowest BCUT2D eigenvalue weighted by atomic mass is 9.98.